The Morgan fingerprint density at radius 3 is 2.50 bits per heavy atom. The number of H-pyrrole nitrogens is 1. The lowest BCUT2D eigenvalue weighted by atomic mass is 10.1. The first-order valence-electron chi connectivity index (χ1n) is 6.46. The number of hydrogen-bond donors (Lipinski definition) is 1. The fourth-order valence-electron chi connectivity index (χ4n) is 2.20. The van der Waals surface area contributed by atoms with Crippen molar-refractivity contribution in [1.82, 2.24) is 15.2 Å². The van der Waals surface area contributed by atoms with Gasteiger partial charge >= 0.3 is 0 Å². The first-order valence-corrected chi connectivity index (χ1v) is 6.84. The average molecular weight is 292 g/mol. The molecule has 0 fully saturated rings. The smallest absolute Gasteiger partial charge is 0.163 e. The lowest BCUT2D eigenvalue weighted by molar-refractivity contribution is 0.288. The Balaban J connectivity index is 2.32. The molecule has 0 aliphatic rings. The van der Waals surface area contributed by atoms with Crippen LogP contribution in [0.5, 0.6) is 11.5 Å². The summed E-state index contributed by atoms with van der Waals surface area (Å²) in [7, 11) is 0. The second-order valence-electron chi connectivity index (χ2n) is 4.24. The maximum atomic E-state index is 6.15. The van der Waals surface area contributed by atoms with Crippen molar-refractivity contribution in [3.63, 3.8) is 0 Å². The van der Waals surface area contributed by atoms with Gasteiger partial charge in [0.2, 0.25) is 0 Å². The minimum absolute atomic E-state index is 0.400. The zero-order valence-electron chi connectivity index (χ0n) is 11.2. The molecule has 0 radical (unpaired) electrons. The molecule has 0 bridgehead atoms. The molecule has 0 saturated carbocycles. The monoisotopic (exact) mass is 291 g/mol. The summed E-state index contributed by atoms with van der Waals surface area (Å²) in [6.45, 7) is 5.00. The van der Waals surface area contributed by atoms with Crippen LogP contribution in [0.25, 0.3) is 21.8 Å². The van der Waals surface area contributed by atoms with E-state index in [2.05, 4.69) is 15.2 Å². The van der Waals surface area contributed by atoms with Gasteiger partial charge in [0.25, 0.3) is 0 Å². The summed E-state index contributed by atoms with van der Waals surface area (Å²) in [5.41, 5.74) is 1.49. The zero-order valence-corrected chi connectivity index (χ0v) is 12.0. The third-order valence-electron chi connectivity index (χ3n) is 3.02. The summed E-state index contributed by atoms with van der Waals surface area (Å²) in [4.78, 5) is 4.38. The highest BCUT2D eigenvalue weighted by Gasteiger charge is 2.13. The van der Waals surface area contributed by atoms with Gasteiger partial charge in [-0.25, -0.2) is 4.98 Å². The minimum Gasteiger partial charge on any atom is -0.490 e. The summed E-state index contributed by atoms with van der Waals surface area (Å²) >= 11 is 6.15. The molecule has 0 aliphatic carbocycles. The number of nitrogens with one attached hydrogen (secondary N) is 1. The van der Waals surface area contributed by atoms with Crippen molar-refractivity contribution in [2.75, 3.05) is 13.2 Å². The number of pyridine rings is 1. The molecule has 104 valence electrons. The van der Waals surface area contributed by atoms with Crippen molar-refractivity contribution < 1.29 is 9.47 Å². The number of aromatic nitrogens is 3. The average Bonchev–Trinajstić information content (AvgIpc) is 2.91. The number of benzene rings is 1. The van der Waals surface area contributed by atoms with E-state index < -0.39 is 0 Å². The quantitative estimate of drug-likeness (QED) is 0.747. The molecule has 0 saturated heterocycles. The van der Waals surface area contributed by atoms with E-state index in [1.807, 2.05) is 26.0 Å². The van der Waals surface area contributed by atoms with Crippen LogP contribution in [0.15, 0.2) is 18.3 Å². The highest BCUT2D eigenvalue weighted by atomic mass is 35.5. The van der Waals surface area contributed by atoms with E-state index in [1.54, 1.807) is 6.20 Å². The number of aromatic amines is 1. The number of fused-ring (bicyclic) bond motifs is 3. The van der Waals surface area contributed by atoms with Gasteiger partial charge in [0, 0.05) is 16.8 Å². The van der Waals surface area contributed by atoms with Gasteiger partial charge in [0.15, 0.2) is 16.7 Å². The van der Waals surface area contributed by atoms with E-state index in [0.717, 1.165) is 21.8 Å². The summed E-state index contributed by atoms with van der Waals surface area (Å²) in [5, 5.41) is 9.14. The molecule has 0 atom stereocenters. The van der Waals surface area contributed by atoms with Crippen LogP contribution in [-0.2, 0) is 0 Å². The maximum absolute atomic E-state index is 6.15. The van der Waals surface area contributed by atoms with Gasteiger partial charge in [-0.1, -0.05) is 11.6 Å². The molecule has 3 rings (SSSR count). The predicted octanol–water partition coefficient (Wildman–Crippen LogP) is 3.56. The van der Waals surface area contributed by atoms with Gasteiger partial charge in [-0.15, -0.1) is 0 Å². The zero-order chi connectivity index (χ0) is 14.1. The first kappa shape index (κ1) is 13.0. The molecule has 6 heteroatoms. The molecule has 5 nitrogen and oxygen atoms in total. The number of rotatable bonds is 4. The van der Waals surface area contributed by atoms with Gasteiger partial charge in [0.1, 0.15) is 5.52 Å². The predicted molar refractivity (Wildman–Crippen MR) is 78.7 cm³/mol. The Labute approximate surface area is 120 Å². The summed E-state index contributed by atoms with van der Waals surface area (Å²) in [6, 6.07) is 3.77. The van der Waals surface area contributed by atoms with Crippen molar-refractivity contribution in [2.24, 2.45) is 0 Å². The first-order chi connectivity index (χ1) is 9.74. The Morgan fingerprint density at radius 1 is 1.10 bits per heavy atom. The Kier molecular flexibility index (Phi) is 3.36. The van der Waals surface area contributed by atoms with Crippen LogP contribution in [0.4, 0.5) is 0 Å². The Hall–Kier alpha value is -2.01. The summed E-state index contributed by atoms with van der Waals surface area (Å²) in [6.07, 6.45) is 1.74. The van der Waals surface area contributed by atoms with E-state index in [4.69, 9.17) is 21.1 Å². The molecular weight excluding hydrogens is 278 g/mol. The minimum atomic E-state index is 0.400. The summed E-state index contributed by atoms with van der Waals surface area (Å²) in [5.74, 6) is 1.38. The lowest BCUT2D eigenvalue weighted by Crippen LogP contribution is -1.99. The van der Waals surface area contributed by atoms with Crippen LogP contribution in [0, 0.1) is 0 Å². The van der Waals surface area contributed by atoms with E-state index in [-0.39, 0.29) is 0 Å². The van der Waals surface area contributed by atoms with Crippen LogP contribution < -0.4 is 9.47 Å². The van der Waals surface area contributed by atoms with Crippen molar-refractivity contribution in [1.29, 1.82) is 0 Å². The normalized spacial score (nSPS) is 11.2. The second kappa shape index (κ2) is 5.17. The van der Waals surface area contributed by atoms with Gasteiger partial charge in [-0.2, -0.15) is 5.10 Å². The molecule has 2 aromatic heterocycles. The fourth-order valence-corrected chi connectivity index (χ4v) is 2.44. The SMILES string of the molecule is CCOc1cc2nc(Cl)c3[nH]ncc3c2cc1OCC. The Bertz CT molecular complexity index is 770. The van der Waals surface area contributed by atoms with Crippen LogP contribution in [0.1, 0.15) is 13.8 Å². The molecule has 0 aliphatic heterocycles. The van der Waals surface area contributed by atoms with Crippen LogP contribution in [-0.4, -0.2) is 28.4 Å². The number of hydrogen-bond acceptors (Lipinski definition) is 4. The van der Waals surface area contributed by atoms with Gasteiger partial charge in [-0.05, 0) is 19.9 Å². The molecule has 3 aromatic rings. The Morgan fingerprint density at radius 2 is 1.80 bits per heavy atom. The third-order valence-corrected chi connectivity index (χ3v) is 3.29. The molecule has 1 N–H and O–H groups in total. The molecule has 1 aromatic carbocycles. The van der Waals surface area contributed by atoms with E-state index in [0.29, 0.717) is 29.9 Å². The van der Waals surface area contributed by atoms with Crippen molar-refractivity contribution in [3.8, 4) is 11.5 Å². The van der Waals surface area contributed by atoms with Gasteiger partial charge in [-0.3, -0.25) is 5.10 Å². The van der Waals surface area contributed by atoms with E-state index in [9.17, 15) is 0 Å². The van der Waals surface area contributed by atoms with Crippen LogP contribution >= 0.6 is 11.6 Å². The highest BCUT2D eigenvalue weighted by molar-refractivity contribution is 6.35. The molecule has 0 unspecified atom stereocenters. The molecular formula is C14H14ClN3O2. The number of halogens is 1. The summed E-state index contributed by atoms with van der Waals surface area (Å²) < 4.78 is 11.2. The molecule has 0 amide bonds. The van der Waals surface area contributed by atoms with Crippen molar-refractivity contribution in [3.05, 3.63) is 23.5 Å². The van der Waals surface area contributed by atoms with Crippen LogP contribution in [0.2, 0.25) is 5.15 Å². The van der Waals surface area contributed by atoms with Crippen LogP contribution in [0.3, 0.4) is 0 Å². The van der Waals surface area contributed by atoms with Gasteiger partial charge in [0.05, 0.1) is 24.9 Å². The highest BCUT2D eigenvalue weighted by Crippen LogP contribution is 2.36. The van der Waals surface area contributed by atoms with Gasteiger partial charge < -0.3 is 9.47 Å². The lowest BCUT2D eigenvalue weighted by Gasteiger charge is -2.12. The maximum Gasteiger partial charge on any atom is 0.163 e. The van der Waals surface area contributed by atoms with Crippen molar-refractivity contribution in [2.45, 2.75) is 13.8 Å². The largest absolute Gasteiger partial charge is 0.490 e. The molecule has 0 spiro atoms. The van der Waals surface area contributed by atoms with E-state index >= 15 is 0 Å². The van der Waals surface area contributed by atoms with E-state index in [1.165, 1.54) is 0 Å². The second-order valence-corrected chi connectivity index (χ2v) is 4.60. The standard InChI is InChI=1S/C14H14ClN3O2/c1-3-19-11-5-8-9-7-16-18-13(9)14(15)17-10(8)6-12(11)20-4-2/h5-7H,3-4H2,1-2H3,(H,16,18). The third kappa shape index (κ3) is 2.04. The number of nitrogens with zero attached hydrogens (tertiary/aromatic N) is 2. The number of ether oxygens (including phenoxy) is 2. The fraction of sp³-hybridized carbons (Fsp3) is 0.286. The molecule has 2 heterocycles. The van der Waals surface area contributed by atoms with Crippen molar-refractivity contribution >= 4 is 33.4 Å². The molecule has 20 heavy (non-hydrogen) atoms. The topological polar surface area (TPSA) is 60.0 Å².